The van der Waals surface area contributed by atoms with Gasteiger partial charge in [0.1, 0.15) is 10.6 Å². The zero-order valence-electron chi connectivity index (χ0n) is 11.0. The molecule has 0 aliphatic heterocycles. The van der Waals surface area contributed by atoms with Crippen LogP contribution in [0, 0.1) is 0 Å². The fraction of sp³-hybridized carbons (Fsp3) is 0.143. The van der Waals surface area contributed by atoms with E-state index >= 15 is 0 Å². The van der Waals surface area contributed by atoms with Crippen LogP contribution in [0.2, 0.25) is 0 Å². The molecular formula is C14H16N2O3S. The molecule has 2 aromatic rings. The second-order valence-corrected chi connectivity index (χ2v) is 5.68. The van der Waals surface area contributed by atoms with Crippen LogP contribution in [-0.2, 0) is 10.1 Å². The Balaban J connectivity index is 2.28. The van der Waals surface area contributed by atoms with Gasteiger partial charge >= 0.3 is 10.1 Å². The molecule has 20 heavy (non-hydrogen) atoms. The summed E-state index contributed by atoms with van der Waals surface area (Å²) in [5.41, 5.74) is 6.88. The summed E-state index contributed by atoms with van der Waals surface area (Å²) in [5.74, 6) is 0.266. The summed E-state index contributed by atoms with van der Waals surface area (Å²) in [4.78, 5) is 0.0282. The van der Waals surface area contributed by atoms with Crippen LogP contribution in [0.1, 0.15) is 6.92 Å². The molecule has 0 saturated heterocycles. The fourth-order valence-corrected chi connectivity index (χ4v) is 2.67. The van der Waals surface area contributed by atoms with Crippen LogP contribution in [-0.4, -0.2) is 15.0 Å². The fourth-order valence-electron chi connectivity index (χ4n) is 1.70. The molecule has 0 aliphatic rings. The summed E-state index contributed by atoms with van der Waals surface area (Å²) in [7, 11) is -3.88. The minimum Gasteiger partial charge on any atom is -0.397 e. The van der Waals surface area contributed by atoms with Crippen molar-refractivity contribution < 1.29 is 12.6 Å². The van der Waals surface area contributed by atoms with Gasteiger partial charge in [-0.1, -0.05) is 18.2 Å². The van der Waals surface area contributed by atoms with Crippen molar-refractivity contribution in [3.05, 3.63) is 48.5 Å². The summed E-state index contributed by atoms with van der Waals surface area (Å²) < 4.78 is 29.3. The molecule has 3 N–H and O–H groups in total. The highest BCUT2D eigenvalue weighted by Gasteiger charge is 2.17. The molecule has 5 nitrogen and oxygen atoms in total. The first-order valence-electron chi connectivity index (χ1n) is 6.16. The van der Waals surface area contributed by atoms with Crippen LogP contribution < -0.4 is 15.2 Å². The normalized spacial score (nSPS) is 11.1. The number of hydrogen-bond acceptors (Lipinski definition) is 5. The Morgan fingerprint density at radius 2 is 1.85 bits per heavy atom. The number of para-hydroxylation sites is 1. The molecule has 0 atom stereocenters. The minimum absolute atomic E-state index is 0.0282. The highest BCUT2D eigenvalue weighted by Crippen LogP contribution is 2.24. The molecule has 0 unspecified atom stereocenters. The number of anilines is 2. The van der Waals surface area contributed by atoms with Gasteiger partial charge < -0.3 is 15.2 Å². The lowest BCUT2D eigenvalue weighted by Gasteiger charge is -2.10. The van der Waals surface area contributed by atoms with E-state index < -0.39 is 10.1 Å². The molecule has 0 spiro atoms. The molecule has 0 saturated carbocycles. The van der Waals surface area contributed by atoms with Crippen LogP contribution in [0.15, 0.2) is 53.4 Å². The number of rotatable bonds is 5. The van der Waals surface area contributed by atoms with Crippen molar-refractivity contribution >= 4 is 21.5 Å². The largest absolute Gasteiger partial charge is 0.397 e. The molecule has 6 heteroatoms. The molecule has 0 bridgehead atoms. The van der Waals surface area contributed by atoms with Gasteiger partial charge in [0.15, 0.2) is 0 Å². The zero-order chi connectivity index (χ0) is 14.6. The third-order valence-corrected chi connectivity index (χ3v) is 3.87. The molecule has 0 amide bonds. The van der Waals surface area contributed by atoms with Gasteiger partial charge in [-0.25, -0.2) is 0 Å². The standard InChI is InChI=1S/C14H16N2O3S/c1-2-16-14-9-8-12(10-13(14)15)20(17,18)19-11-6-4-3-5-7-11/h3-10,16H,2,15H2,1H3. The topological polar surface area (TPSA) is 81.4 Å². The second kappa shape index (κ2) is 5.83. The Kier molecular flexibility index (Phi) is 4.14. The molecule has 0 aromatic heterocycles. The first kappa shape index (κ1) is 14.2. The van der Waals surface area contributed by atoms with Crippen molar-refractivity contribution in [3.63, 3.8) is 0 Å². The minimum atomic E-state index is -3.88. The van der Waals surface area contributed by atoms with Crippen LogP contribution >= 0.6 is 0 Å². The van der Waals surface area contributed by atoms with Gasteiger partial charge in [0.25, 0.3) is 0 Å². The van der Waals surface area contributed by atoms with Gasteiger partial charge in [-0.3, -0.25) is 0 Å². The smallest absolute Gasteiger partial charge is 0.339 e. The molecule has 0 aliphatic carbocycles. The highest BCUT2D eigenvalue weighted by molar-refractivity contribution is 7.87. The van der Waals surface area contributed by atoms with E-state index in [0.29, 0.717) is 17.9 Å². The van der Waals surface area contributed by atoms with Gasteiger partial charge in [0, 0.05) is 6.54 Å². The maximum atomic E-state index is 12.1. The van der Waals surface area contributed by atoms with Crippen LogP contribution in [0.25, 0.3) is 0 Å². The van der Waals surface area contributed by atoms with E-state index in [9.17, 15) is 8.42 Å². The van der Waals surface area contributed by atoms with E-state index in [1.165, 1.54) is 12.1 Å². The molecule has 2 aromatic carbocycles. The summed E-state index contributed by atoms with van der Waals surface area (Å²) >= 11 is 0. The SMILES string of the molecule is CCNc1ccc(S(=O)(=O)Oc2ccccc2)cc1N. The zero-order valence-corrected chi connectivity index (χ0v) is 11.9. The quantitative estimate of drug-likeness (QED) is 0.653. The maximum absolute atomic E-state index is 12.1. The van der Waals surface area contributed by atoms with E-state index in [1.807, 2.05) is 6.92 Å². The van der Waals surface area contributed by atoms with Gasteiger partial charge in [-0.2, -0.15) is 8.42 Å². The number of benzene rings is 2. The lowest BCUT2D eigenvalue weighted by molar-refractivity contribution is 0.486. The molecule has 2 rings (SSSR count). The molecule has 0 fully saturated rings. The highest BCUT2D eigenvalue weighted by atomic mass is 32.2. The average molecular weight is 292 g/mol. The Labute approximate surface area is 118 Å². The first-order valence-corrected chi connectivity index (χ1v) is 7.56. The summed E-state index contributed by atoms with van der Waals surface area (Å²) in [5, 5.41) is 3.04. The molecule has 106 valence electrons. The Hall–Kier alpha value is -2.21. The molecule has 0 radical (unpaired) electrons. The lowest BCUT2D eigenvalue weighted by Crippen LogP contribution is -2.11. The Morgan fingerprint density at radius 1 is 1.15 bits per heavy atom. The average Bonchev–Trinajstić information content (AvgIpc) is 2.42. The monoisotopic (exact) mass is 292 g/mol. The number of nitrogen functional groups attached to an aromatic ring is 1. The van der Waals surface area contributed by atoms with Crippen molar-refractivity contribution in [2.75, 3.05) is 17.6 Å². The summed E-state index contributed by atoms with van der Waals surface area (Å²) in [6.45, 7) is 2.64. The van der Waals surface area contributed by atoms with E-state index in [1.54, 1.807) is 36.4 Å². The maximum Gasteiger partial charge on any atom is 0.339 e. The Morgan fingerprint density at radius 3 is 2.45 bits per heavy atom. The third-order valence-electron chi connectivity index (χ3n) is 2.63. The number of hydrogen-bond donors (Lipinski definition) is 2. The van der Waals surface area contributed by atoms with Crippen LogP contribution in [0.3, 0.4) is 0 Å². The summed E-state index contributed by atoms with van der Waals surface area (Å²) in [6.07, 6.45) is 0. The number of nitrogens with one attached hydrogen (secondary N) is 1. The van der Waals surface area contributed by atoms with E-state index in [2.05, 4.69) is 5.32 Å². The van der Waals surface area contributed by atoms with Crippen molar-refractivity contribution in [2.45, 2.75) is 11.8 Å². The first-order chi connectivity index (χ1) is 9.53. The second-order valence-electron chi connectivity index (χ2n) is 4.13. The predicted molar refractivity (Wildman–Crippen MR) is 79.3 cm³/mol. The molecular weight excluding hydrogens is 276 g/mol. The van der Waals surface area contributed by atoms with Crippen LogP contribution in [0.4, 0.5) is 11.4 Å². The van der Waals surface area contributed by atoms with Gasteiger partial charge in [-0.15, -0.1) is 0 Å². The van der Waals surface area contributed by atoms with Crippen LogP contribution in [0.5, 0.6) is 5.75 Å². The van der Waals surface area contributed by atoms with Crippen molar-refractivity contribution in [3.8, 4) is 5.75 Å². The van der Waals surface area contributed by atoms with E-state index in [-0.39, 0.29) is 10.6 Å². The Bertz CT molecular complexity index is 685. The van der Waals surface area contributed by atoms with Gasteiger partial charge in [0.2, 0.25) is 0 Å². The predicted octanol–water partition coefficient (Wildman–Crippen LogP) is 2.47. The van der Waals surface area contributed by atoms with Gasteiger partial charge in [-0.05, 0) is 37.3 Å². The lowest BCUT2D eigenvalue weighted by atomic mass is 10.2. The van der Waals surface area contributed by atoms with Crippen molar-refractivity contribution in [1.29, 1.82) is 0 Å². The van der Waals surface area contributed by atoms with E-state index in [0.717, 1.165) is 0 Å². The summed E-state index contributed by atoms with van der Waals surface area (Å²) in [6, 6.07) is 12.8. The van der Waals surface area contributed by atoms with Crippen molar-refractivity contribution in [1.82, 2.24) is 0 Å². The van der Waals surface area contributed by atoms with Gasteiger partial charge in [0.05, 0.1) is 11.4 Å². The molecule has 0 heterocycles. The number of nitrogens with two attached hydrogens (primary N) is 1. The third kappa shape index (κ3) is 3.21. The van der Waals surface area contributed by atoms with E-state index in [4.69, 9.17) is 9.92 Å². The van der Waals surface area contributed by atoms with Crippen molar-refractivity contribution in [2.24, 2.45) is 0 Å².